The summed E-state index contributed by atoms with van der Waals surface area (Å²) in [5, 5.41) is 3.37. The van der Waals surface area contributed by atoms with Crippen LogP contribution in [0.15, 0.2) is 29.4 Å². The van der Waals surface area contributed by atoms with Gasteiger partial charge in [0.25, 0.3) is 0 Å². The number of anilines is 1. The Kier molecular flexibility index (Phi) is 6.52. The second kappa shape index (κ2) is 8.62. The number of benzene rings is 1. The Bertz CT molecular complexity index is 753. The highest BCUT2D eigenvalue weighted by atomic mass is 32.2. The number of nitrogens with one attached hydrogen (secondary N) is 1. The smallest absolute Gasteiger partial charge is 0.338 e. The maximum absolute atomic E-state index is 12.1. The summed E-state index contributed by atoms with van der Waals surface area (Å²) in [7, 11) is 0. The lowest BCUT2D eigenvalue weighted by Gasteiger charge is -2.08. The SMILES string of the molecule is CCOC(=O)c1ccc(NC(=O)CSc2nc(C)c(C)c(C)n2)cc1. The first-order valence-corrected chi connectivity index (χ1v) is 8.91. The van der Waals surface area contributed by atoms with Crippen molar-refractivity contribution in [2.75, 3.05) is 17.7 Å². The quantitative estimate of drug-likeness (QED) is 0.484. The standard InChI is InChI=1S/C18H21N3O3S/c1-5-24-17(23)14-6-8-15(9-7-14)21-16(22)10-25-18-19-12(3)11(2)13(4)20-18/h6-9H,5,10H2,1-4H3,(H,21,22). The molecule has 0 saturated carbocycles. The molecule has 25 heavy (non-hydrogen) atoms. The van der Waals surface area contributed by atoms with E-state index < -0.39 is 0 Å². The van der Waals surface area contributed by atoms with Gasteiger partial charge in [0.2, 0.25) is 5.91 Å². The Morgan fingerprint density at radius 2 is 1.68 bits per heavy atom. The number of thioether (sulfide) groups is 1. The number of carbonyl (C=O) groups is 2. The number of hydrogen-bond donors (Lipinski definition) is 1. The third-order valence-electron chi connectivity index (χ3n) is 3.62. The molecule has 2 rings (SSSR count). The van der Waals surface area contributed by atoms with Gasteiger partial charge in [0, 0.05) is 17.1 Å². The number of nitrogens with zero attached hydrogens (tertiary/aromatic N) is 2. The Morgan fingerprint density at radius 3 is 2.24 bits per heavy atom. The van der Waals surface area contributed by atoms with Crippen LogP contribution in [0.1, 0.15) is 34.2 Å². The van der Waals surface area contributed by atoms with Crippen molar-refractivity contribution >= 4 is 29.3 Å². The number of aromatic nitrogens is 2. The second-order valence-electron chi connectivity index (χ2n) is 5.44. The minimum absolute atomic E-state index is 0.159. The molecule has 0 saturated heterocycles. The van der Waals surface area contributed by atoms with Gasteiger partial charge in [-0.3, -0.25) is 4.79 Å². The largest absolute Gasteiger partial charge is 0.462 e. The highest BCUT2D eigenvalue weighted by Crippen LogP contribution is 2.18. The highest BCUT2D eigenvalue weighted by molar-refractivity contribution is 7.99. The van der Waals surface area contributed by atoms with E-state index in [1.165, 1.54) is 11.8 Å². The van der Waals surface area contributed by atoms with Crippen LogP contribution in [0.25, 0.3) is 0 Å². The minimum atomic E-state index is -0.377. The minimum Gasteiger partial charge on any atom is -0.462 e. The number of rotatable bonds is 6. The molecule has 0 unspecified atom stereocenters. The van der Waals surface area contributed by atoms with Crippen molar-refractivity contribution in [1.29, 1.82) is 0 Å². The molecule has 0 bridgehead atoms. The molecule has 0 aliphatic rings. The lowest BCUT2D eigenvalue weighted by molar-refractivity contribution is -0.113. The zero-order valence-corrected chi connectivity index (χ0v) is 15.6. The summed E-state index contributed by atoms with van der Waals surface area (Å²) in [5.41, 5.74) is 3.98. The number of hydrogen-bond acceptors (Lipinski definition) is 6. The molecule has 7 heteroatoms. The van der Waals surface area contributed by atoms with Gasteiger partial charge in [-0.25, -0.2) is 14.8 Å². The van der Waals surface area contributed by atoms with E-state index in [-0.39, 0.29) is 17.6 Å². The third kappa shape index (κ3) is 5.29. The summed E-state index contributed by atoms with van der Waals surface area (Å²) in [6.45, 7) is 7.92. The monoisotopic (exact) mass is 359 g/mol. The van der Waals surface area contributed by atoms with Crippen LogP contribution in [0.2, 0.25) is 0 Å². The molecule has 0 aliphatic heterocycles. The topological polar surface area (TPSA) is 81.2 Å². The summed E-state index contributed by atoms with van der Waals surface area (Å²) in [6, 6.07) is 6.59. The summed E-state index contributed by atoms with van der Waals surface area (Å²) >= 11 is 1.29. The molecule has 1 aromatic heterocycles. The van der Waals surface area contributed by atoms with Crippen molar-refractivity contribution < 1.29 is 14.3 Å². The summed E-state index contributed by atoms with van der Waals surface area (Å²) in [5.74, 6) is -0.326. The molecule has 132 valence electrons. The Labute approximate surface area is 151 Å². The number of esters is 1. The van der Waals surface area contributed by atoms with E-state index in [1.807, 2.05) is 20.8 Å². The van der Waals surface area contributed by atoms with E-state index in [4.69, 9.17) is 4.74 Å². The van der Waals surface area contributed by atoms with Crippen molar-refractivity contribution in [2.24, 2.45) is 0 Å². The third-order valence-corrected chi connectivity index (χ3v) is 4.47. The molecule has 0 spiro atoms. The van der Waals surface area contributed by atoms with Crippen LogP contribution < -0.4 is 5.32 Å². The lowest BCUT2D eigenvalue weighted by Crippen LogP contribution is -2.14. The fourth-order valence-corrected chi connectivity index (χ4v) is 2.77. The van der Waals surface area contributed by atoms with Crippen LogP contribution in [0, 0.1) is 20.8 Å². The van der Waals surface area contributed by atoms with E-state index in [9.17, 15) is 9.59 Å². The van der Waals surface area contributed by atoms with Gasteiger partial charge in [-0.2, -0.15) is 0 Å². The Morgan fingerprint density at radius 1 is 1.08 bits per heavy atom. The maximum Gasteiger partial charge on any atom is 0.338 e. The molecule has 0 aliphatic carbocycles. The summed E-state index contributed by atoms with van der Waals surface area (Å²) in [4.78, 5) is 32.4. The van der Waals surface area contributed by atoms with Gasteiger partial charge in [0.15, 0.2) is 5.16 Å². The van der Waals surface area contributed by atoms with E-state index in [0.29, 0.717) is 23.0 Å². The Balaban J connectivity index is 1.91. The van der Waals surface area contributed by atoms with Crippen LogP contribution in [-0.4, -0.2) is 34.2 Å². The van der Waals surface area contributed by atoms with Gasteiger partial charge < -0.3 is 10.1 Å². The van der Waals surface area contributed by atoms with Gasteiger partial charge in [0.05, 0.1) is 17.9 Å². The molecule has 0 fully saturated rings. The lowest BCUT2D eigenvalue weighted by atomic mass is 10.2. The van der Waals surface area contributed by atoms with Crippen LogP contribution in [-0.2, 0) is 9.53 Å². The van der Waals surface area contributed by atoms with Gasteiger partial charge in [-0.15, -0.1) is 0 Å². The molecule has 1 N–H and O–H groups in total. The van der Waals surface area contributed by atoms with Crippen LogP contribution in [0.4, 0.5) is 5.69 Å². The molecule has 6 nitrogen and oxygen atoms in total. The van der Waals surface area contributed by atoms with Crippen molar-refractivity contribution in [3.8, 4) is 0 Å². The molecular formula is C18H21N3O3S. The maximum atomic E-state index is 12.1. The fraction of sp³-hybridized carbons (Fsp3) is 0.333. The van der Waals surface area contributed by atoms with Crippen molar-refractivity contribution in [2.45, 2.75) is 32.9 Å². The fourth-order valence-electron chi connectivity index (χ4n) is 2.04. The van der Waals surface area contributed by atoms with Gasteiger partial charge in [-0.05, 0) is 57.5 Å². The number of aryl methyl sites for hydroxylation is 2. The van der Waals surface area contributed by atoms with Crippen LogP contribution in [0.5, 0.6) is 0 Å². The van der Waals surface area contributed by atoms with E-state index in [1.54, 1.807) is 31.2 Å². The average Bonchev–Trinajstić information content (AvgIpc) is 2.58. The van der Waals surface area contributed by atoms with Crippen molar-refractivity contribution in [3.05, 3.63) is 46.8 Å². The predicted molar refractivity (Wildman–Crippen MR) is 98.0 cm³/mol. The van der Waals surface area contributed by atoms with Gasteiger partial charge in [-0.1, -0.05) is 11.8 Å². The van der Waals surface area contributed by atoms with Crippen molar-refractivity contribution in [1.82, 2.24) is 9.97 Å². The first-order valence-electron chi connectivity index (χ1n) is 7.92. The second-order valence-corrected chi connectivity index (χ2v) is 6.38. The molecule has 2 aromatic rings. The molecular weight excluding hydrogens is 338 g/mol. The number of ether oxygens (including phenoxy) is 1. The average molecular weight is 359 g/mol. The highest BCUT2D eigenvalue weighted by Gasteiger charge is 2.10. The van der Waals surface area contributed by atoms with Crippen molar-refractivity contribution in [3.63, 3.8) is 0 Å². The first kappa shape index (κ1) is 18.9. The van der Waals surface area contributed by atoms with E-state index >= 15 is 0 Å². The van der Waals surface area contributed by atoms with E-state index in [0.717, 1.165) is 17.0 Å². The molecule has 1 aromatic carbocycles. The summed E-state index contributed by atoms with van der Waals surface area (Å²) < 4.78 is 4.92. The predicted octanol–water partition coefficient (Wildman–Crippen LogP) is 3.31. The molecule has 1 amide bonds. The van der Waals surface area contributed by atoms with Gasteiger partial charge in [0.1, 0.15) is 0 Å². The number of amides is 1. The summed E-state index contributed by atoms with van der Waals surface area (Å²) in [6.07, 6.45) is 0. The zero-order valence-electron chi connectivity index (χ0n) is 14.8. The molecule has 1 heterocycles. The van der Waals surface area contributed by atoms with Gasteiger partial charge >= 0.3 is 5.97 Å². The van der Waals surface area contributed by atoms with Crippen LogP contribution >= 0.6 is 11.8 Å². The van der Waals surface area contributed by atoms with E-state index in [2.05, 4.69) is 15.3 Å². The number of carbonyl (C=O) groups excluding carboxylic acids is 2. The normalized spacial score (nSPS) is 10.4. The zero-order chi connectivity index (χ0) is 18.4. The molecule has 0 atom stereocenters. The van der Waals surface area contributed by atoms with Crippen LogP contribution in [0.3, 0.4) is 0 Å². The Hall–Kier alpha value is -2.41. The first-order chi connectivity index (χ1) is 11.9. The molecule has 0 radical (unpaired) electrons.